The van der Waals surface area contributed by atoms with Crippen LogP contribution in [0.5, 0.6) is 0 Å². The maximum atomic E-state index is 11.8. The van der Waals surface area contributed by atoms with Gasteiger partial charge in [0.05, 0.1) is 13.7 Å². The Balaban J connectivity index is 2.68. The summed E-state index contributed by atoms with van der Waals surface area (Å²) < 4.78 is 10.1. The van der Waals surface area contributed by atoms with Gasteiger partial charge in [0.15, 0.2) is 0 Å². The monoisotopic (exact) mass is 229 g/mol. The lowest BCUT2D eigenvalue weighted by Crippen LogP contribution is -2.49. The van der Waals surface area contributed by atoms with Gasteiger partial charge in [-0.2, -0.15) is 0 Å². The first-order valence-electron chi connectivity index (χ1n) is 5.98. The van der Waals surface area contributed by atoms with Crippen LogP contribution in [0.4, 0.5) is 0 Å². The lowest BCUT2D eigenvalue weighted by molar-refractivity contribution is -0.149. The minimum atomic E-state index is -0.104. The van der Waals surface area contributed by atoms with Crippen molar-refractivity contribution in [3.05, 3.63) is 0 Å². The van der Waals surface area contributed by atoms with Crippen LogP contribution in [0.2, 0.25) is 0 Å². The fraction of sp³-hybridized carbons (Fsp3) is 0.917. The summed E-state index contributed by atoms with van der Waals surface area (Å²) in [6.07, 6.45) is 2.27. The molecule has 1 rings (SSSR count). The topological polar surface area (TPSA) is 38.8 Å². The number of carbonyl (C=O) groups excluding carboxylic acids is 1. The summed E-state index contributed by atoms with van der Waals surface area (Å²) in [5.41, 5.74) is 0. The number of methoxy groups -OCH3 is 2. The molecule has 0 aliphatic heterocycles. The highest BCUT2D eigenvalue weighted by Crippen LogP contribution is 2.36. The average Bonchev–Trinajstić information content (AvgIpc) is 3.08. The third-order valence-corrected chi connectivity index (χ3v) is 3.21. The normalized spacial score (nSPS) is 19.6. The maximum Gasteiger partial charge on any atom is 0.323 e. The van der Waals surface area contributed by atoms with Crippen LogP contribution in [0.15, 0.2) is 0 Å². The van der Waals surface area contributed by atoms with Gasteiger partial charge in [0.2, 0.25) is 0 Å². The van der Waals surface area contributed by atoms with Crippen LogP contribution in [0.25, 0.3) is 0 Å². The minimum absolute atomic E-state index is 0.0832. The Kier molecular flexibility index (Phi) is 5.22. The Morgan fingerprint density at radius 1 is 1.44 bits per heavy atom. The SMILES string of the molecule is CCN(C(C)COC)C(C(=O)OC)C1CC1. The number of ether oxygens (including phenoxy) is 2. The Hall–Kier alpha value is -0.610. The fourth-order valence-electron chi connectivity index (χ4n) is 2.25. The minimum Gasteiger partial charge on any atom is -0.468 e. The van der Waals surface area contributed by atoms with Gasteiger partial charge in [-0.3, -0.25) is 9.69 Å². The molecule has 0 aromatic rings. The van der Waals surface area contributed by atoms with Crippen molar-refractivity contribution in [2.45, 2.75) is 38.8 Å². The van der Waals surface area contributed by atoms with Gasteiger partial charge in [0.25, 0.3) is 0 Å². The summed E-state index contributed by atoms with van der Waals surface area (Å²) in [7, 11) is 3.15. The summed E-state index contributed by atoms with van der Waals surface area (Å²) >= 11 is 0. The molecular formula is C12H23NO3. The van der Waals surface area contributed by atoms with Crippen LogP contribution in [-0.2, 0) is 14.3 Å². The molecule has 4 nitrogen and oxygen atoms in total. The first-order chi connectivity index (χ1) is 7.65. The predicted molar refractivity (Wildman–Crippen MR) is 62.2 cm³/mol. The molecule has 16 heavy (non-hydrogen) atoms. The van der Waals surface area contributed by atoms with E-state index in [2.05, 4.69) is 18.7 Å². The van der Waals surface area contributed by atoms with E-state index in [1.807, 2.05) is 0 Å². The van der Waals surface area contributed by atoms with Crippen molar-refractivity contribution in [2.24, 2.45) is 5.92 Å². The van der Waals surface area contributed by atoms with E-state index in [1.54, 1.807) is 7.11 Å². The summed E-state index contributed by atoms with van der Waals surface area (Å²) in [6, 6.07) is 0.167. The molecule has 1 saturated carbocycles. The molecule has 0 heterocycles. The third-order valence-electron chi connectivity index (χ3n) is 3.21. The summed E-state index contributed by atoms with van der Waals surface area (Å²) in [5, 5.41) is 0. The number of carbonyl (C=O) groups is 1. The standard InChI is InChI=1S/C12H23NO3/c1-5-13(9(2)8-15-3)11(10-6-7-10)12(14)16-4/h9-11H,5-8H2,1-4H3. The largest absolute Gasteiger partial charge is 0.468 e. The first kappa shape index (κ1) is 13.5. The van der Waals surface area contributed by atoms with Crippen LogP contribution in [-0.4, -0.2) is 50.3 Å². The van der Waals surface area contributed by atoms with E-state index in [0.717, 1.165) is 19.4 Å². The van der Waals surface area contributed by atoms with Crippen molar-refractivity contribution in [3.8, 4) is 0 Å². The molecule has 2 unspecified atom stereocenters. The van der Waals surface area contributed by atoms with Crippen molar-refractivity contribution in [2.75, 3.05) is 27.4 Å². The number of rotatable bonds is 7. The number of esters is 1. The average molecular weight is 229 g/mol. The van der Waals surface area contributed by atoms with Gasteiger partial charge in [-0.25, -0.2) is 0 Å². The highest BCUT2D eigenvalue weighted by molar-refractivity contribution is 5.76. The highest BCUT2D eigenvalue weighted by atomic mass is 16.5. The van der Waals surface area contributed by atoms with Crippen LogP contribution in [0.3, 0.4) is 0 Å². The molecule has 4 heteroatoms. The molecule has 0 bridgehead atoms. The molecule has 1 fully saturated rings. The molecule has 2 atom stereocenters. The molecule has 0 aromatic heterocycles. The van der Waals surface area contributed by atoms with E-state index in [9.17, 15) is 4.79 Å². The maximum absolute atomic E-state index is 11.8. The van der Waals surface area contributed by atoms with Gasteiger partial charge >= 0.3 is 5.97 Å². The van der Waals surface area contributed by atoms with Gasteiger partial charge in [-0.1, -0.05) is 6.92 Å². The summed E-state index contributed by atoms with van der Waals surface area (Å²) in [4.78, 5) is 14.0. The second-order valence-electron chi connectivity index (χ2n) is 4.44. The Bertz CT molecular complexity index is 228. The zero-order chi connectivity index (χ0) is 12.1. The molecule has 0 radical (unpaired) electrons. The quantitative estimate of drug-likeness (QED) is 0.617. The van der Waals surface area contributed by atoms with Crippen LogP contribution >= 0.6 is 0 Å². The predicted octanol–water partition coefficient (Wildman–Crippen LogP) is 1.29. The molecule has 94 valence electrons. The molecule has 0 saturated heterocycles. The van der Waals surface area contributed by atoms with Crippen molar-refractivity contribution in [1.82, 2.24) is 4.90 Å². The second kappa shape index (κ2) is 6.21. The van der Waals surface area contributed by atoms with Gasteiger partial charge in [0, 0.05) is 13.2 Å². The second-order valence-corrected chi connectivity index (χ2v) is 4.44. The Morgan fingerprint density at radius 2 is 2.06 bits per heavy atom. The molecule has 1 aliphatic carbocycles. The van der Waals surface area contributed by atoms with Crippen LogP contribution < -0.4 is 0 Å². The number of nitrogens with zero attached hydrogens (tertiary/aromatic N) is 1. The number of hydrogen-bond acceptors (Lipinski definition) is 4. The molecule has 0 amide bonds. The zero-order valence-electron chi connectivity index (χ0n) is 10.7. The van der Waals surface area contributed by atoms with Gasteiger partial charge in [0.1, 0.15) is 6.04 Å². The van der Waals surface area contributed by atoms with E-state index >= 15 is 0 Å². The summed E-state index contributed by atoms with van der Waals surface area (Å²) in [5.74, 6) is 0.374. The van der Waals surface area contributed by atoms with E-state index in [1.165, 1.54) is 7.11 Å². The molecule has 0 aromatic carbocycles. The van der Waals surface area contributed by atoms with Crippen molar-refractivity contribution < 1.29 is 14.3 Å². The number of hydrogen-bond donors (Lipinski definition) is 0. The zero-order valence-corrected chi connectivity index (χ0v) is 10.7. The Morgan fingerprint density at radius 3 is 2.44 bits per heavy atom. The summed E-state index contributed by atoms with van der Waals surface area (Å²) in [6.45, 7) is 5.66. The fourth-order valence-corrected chi connectivity index (χ4v) is 2.25. The third kappa shape index (κ3) is 3.19. The smallest absolute Gasteiger partial charge is 0.323 e. The van der Waals surface area contributed by atoms with Crippen LogP contribution in [0.1, 0.15) is 26.7 Å². The molecular weight excluding hydrogens is 206 g/mol. The van der Waals surface area contributed by atoms with Gasteiger partial charge < -0.3 is 9.47 Å². The van der Waals surface area contributed by atoms with Crippen LogP contribution in [0, 0.1) is 5.92 Å². The van der Waals surface area contributed by atoms with E-state index in [4.69, 9.17) is 9.47 Å². The van der Waals surface area contributed by atoms with Gasteiger partial charge in [-0.15, -0.1) is 0 Å². The van der Waals surface area contributed by atoms with Gasteiger partial charge in [-0.05, 0) is 32.2 Å². The molecule has 1 aliphatic rings. The highest BCUT2D eigenvalue weighted by Gasteiger charge is 2.41. The lowest BCUT2D eigenvalue weighted by atomic mass is 10.1. The van der Waals surface area contributed by atoms with Crippen molar-refractivity contribution in [1.29, 1.82) is 0 Å². The van der Waals surface area contributed by atoms with E-state index < -0.39 is 0 Å². The Labute approximate surface area is 97.9 Å². The van der Waals surface area contributed by atoms with E-state index in [-0.39, 0.29) is 18.1 Å². The molecule has 0 N–H and O–H groups in total. The lowest BCUT2D eigenvalue weighted by Gasteiger charge is -2.33. The van der Waals surface area contributed by atoms with Crippen molar-refractivity contribution in [3.63, 3.8) is 0 Å². The van der Waals surface area contributed by atoms with Crippen molar-refractivity contribution >= 4 is 5.97 Å². The van der Waals surface area contributed by atoms with E-state index in [0.29, 0.717) is 12.5 Å². The first-order valence-corrected chi connectivity index (χ1v) is 5.98. The number of likely N-dealkylation sites (N-methyl/N-ethyl adjacent to an activating group) is 1. The molecule has 0 spiro atoms.